The number of aldehydes is 1. The van der Waals surface area contributed by atoms with Crippen LogP contribution < -0.4 is 10.6 Å². The molecule has 0 aliphatic carbocycles. The topological polar surface area (TPSA) is 84.5 Å². The highest BCUT2D eigenvalue weighted by Crippen LogP contribution is 2.05. The van der Waals surface area contributed by atoms with Gasteiger partial charge < -0.3 is 20.2 Å². The van der Waals surface area contributed by atoms with Crippen LogP contribution in [0.5, 0.6) is 0 Å². The first-order valence-corrected chi connectivity index (χ1v) is 5.75. The SMILES string of the molecule is CNC(=O)C(NC=O)C(C=O)OCc1ccccc1. The van der Waals surface area contributed by atoms with Gasteiger partial charge in [0.25, 0.3) is 0 Å². The van der Waals surface area contributed by atoms with Gasteiger partial charge in [0.15, 0.2) is 6.29 Å². The van der Waals surface area contributed by atoms with E-state index in [4.69, 9.17) is 4.74 Å². The highest BCUT2D eigenvalue weighted by Gasteiger charge is 2.27. The Morgan fingerprint density at radius 3 is 2.53 bits per heavy atom. The average molecular weight is 264 g/mol. The lowest BCUT2D eigenvalue weighted by molar-refractivity contribution is -0.134. The van der Waals surface area contributed by atoms with Crippen molar-refractivity contribution in [1.29, 1.82) is 0 Å². The maximum absolute atomic E-state index is 11.5. The number of amides is 2. The lowest BCUT2D eigenvalue weighted by atomic mass is 10.1. The molecule has 0 aromatic heterocycles. The maximum atomic E-state index is 11.5. The smallest absolute Gasteiger partial charge is 0.245 e. The standard InChI is InChI=1S/C13H16N2O4/c1-14-13(18)12(15-9-17)11(7-16)19-8-10-5-3-2-4-6-10/h2-7,9,11-12H,8H2,1H3,(H,14,18)(H,15,17). The maximum Gasteiger partial charge on any atom is 0.245 e. The summed E-state index contributed by atoms with van der Waals surface area (Å²) in [7, 11) is 1.42. The first-order chi connectivity index (χ1) is 9.22. The predicted molar refractivity (Wildman–Crippen MR) is 68.1 cm³/mol. The summed E-state index contributed by atoms with van der Waals surface area (Å²) < 4.78 is 5.36. The number of ether oxygens (including phenoxy) is 1. The molecule has 0 spiro atoms. The quantitative estimate of drug-likeness (QED) is 0.627. The van der Waals surface area contributed by atoms with Crippen molar-refractivity contribution in [3.05, 3.63) is 35.9 Å². The molecule has 0 saturated carbocycles. The molecule has 6 heteroatoms. The summed E-state index contributed by atoms with van der Waals surface area (Å²) in [4.78, 5) is 33.0. The summed E-state index contributed by atoms with van der Waals surface area (Å²) in [6.07, 6.45) is -0.174. The van der Waals surface area contributed by atoms with Crippen molar-refractivity contribution in [1.82, 2.24) is 10.6 Å². The van der Waals surface area contributed by atoms with Crippen molar-refractivity contribution in [3.63, 3.8) is 0 Å². The van der Waals surface area contributed by atoms with Crippen molar-refractivity contribution in [3.8, 4) is 0 Å². The molecule has 2 unspecified atom stereocenters. The Bertz CT molecular complexity index is 422. The van der Waals surface area contributed by atoms with E-state index < -0.39 is 18.1 Å². The zero-order valence-electron chi connectivity index (χ0n) is 10.5. The van der Waals surface area contributed by atoms with Crippen molar-refractivity contribution in [2.24, 2.45) is 0 Å². The molecule has 1 aromatic carbocycles. The number of hydrogen-bond acceptors (Lipinski definition) is 4. The van der Waals surface area contributed by atoms with Gasteiger partial charge in [0.05, 0.1) is 6.61 Å². The van der Waals surface area contributed by atoms with Crippen LogP contribution in [0.2, 0.25) is 0 Å². The molecule has 102 valence electrons. The highest BCUT2D eigenvalue weighted by atomic mass is 16.5. The Morgan fingerprint density at radius 2 is 2.00 bits per heavy atom. The van der Waals surface area contributed by atoms with Crippen LogP contribution in [0.1, 0.15) is 5.56 Å². The van der Waals surface area contributed by atoms with Crippen LogP contribution in [0.25, 0.3) is 0 Å². The van der Waals surface area contributed by atoms with Crippen LogP contribution in [0.15, 0.2) is 30.3 Å². The van der Waals surface area contributed by atoms with Gasteiger partial charge in [-0.3, -0.25) is 9.59 Å². The summed E-state index contributed by atoms with van der Waals surface area (Å²) in [5, 5.41) is 4.64. The Labute approximate surface area is 111 Å². The number of carbonyl (C=O) groups excluding carboxylic acids is 3. The number of carbonyl (C=O) groups is 3. The van der Waals surface area contributed by atoms with Crippen LogP contribution in [-0.4, -0.2) is 37.8 Å². The molecular weight excluding hydrogens is 248 g/mol. The first kappa shape index (κ1) is 14.8. The van der Waals surface area contributed by atoms with Crippen molar-refractivity contribution in [2.45, 2.75) is 18.8 Å². The number of likely N-dealkylation sites (N-methyl/N-ethyl adjacent to an activating group) is 1. The Hall–Kier alpha value is -2.21. The summed E-state index contributed by atoms with van der Waals surface area (Å²) in [5.74, 6) is -0.489. The first-order valence-electron chi connectivity index (χ1n) is 5.75. The second-order valence-corrected chi connectivity index (χ2v) is 3.77. The zero-order chi connectivity index (χ0) is 14.1. The molecule has 6 nitrogen and oxygen atoms in total. The lowest BCUT2D eigenvalue weighted by Crippen LogP contribution is -2.51. The predicted octanol–water partition coefficient (Wildman–Crippen LogP) is -0.369. The van der Waals surface area contributed by atoms with Crippen LogP contribution in [0.3, 0.4) is 0 Å². The van der Waals surface area contributed by atoms with Crippen molar-refractivity contribution < 1.29 is 19.1 Å². The molecule has 0 aliphatic heterocycles. The van der Waals surface area contributed by atoms with E-state index in [-0.39, 0.29) is 6.61 Å². The van der Waals surface area contributed by atoms with Gasteiger partial charge in [-0.15, -0.1) is 0 Å². The minimum atomic E-state index is -1.04. The normalized spacial score (nSPS) is 13.1. The second kappa shape index (κ2) is 7.99. The third-order valence-corrected chi connectivity index (χ3v) is 2.52. The number of rotatable bonds is 8. The van der Waals surface area contributed by atoms with Crippen LogP contribution in [0.4, 0.5) is 0 Å². The van der Waals surface area contributed by atoms with Gasteiger partial charge in [0, 0.05) is 7.05 Å². The second-order valence-electron chi connectivity index (χ2n) is 3.77. The van der Waals surface area contributed by atoms with E-state index in [1.54, 1.807) is 0 Å². The van der Waals surface area contributed by atoms with Crippen LogP contribution in [0, 0.1) is 0 Å². The molecule has 0 radical (unpaired) electrons. The zero-order valence-corrected chi connectivity index (χ0v) is 10.5. The van der Waals surface area contributed by atoms with Gasteiger partial charge in [-0.2, -0.15) is 0 Å². The minimum absolute atomic E-state index is 0.179. The third kappa shape index (κ3) is 4.51. The van der Waals surface area contributed by atoms with Gasteiger partial charge in [0.1, 0.15) is 12.1 Å². The summed E-state index contributed by atoms with van der Waals surface area (Å²) in [6.45, 7) is 0.179. The molecule has 0 bridgehead atoms. The van der Waals surface area contributed by atoms with Crippen molar-refractivity contribution in [2.75, 3.05) is 7.05 Å². The Morgan fingerprint density at radius 1 is 1.32 bits per heavy atom. The molecule has 19 heavy (non-hydrogen) atoms. The minimum Gasteiger partial charge on any atom is -0.363 e. The summed E-state index contributed by atoms with van der Waals surface area (Å²) >= 11 is 0. The van der Waals surface area contributed by atoms with E-state index in [0.29, 0.717) is 12.7 Å². The average Bonchev–Trinajstić information content (AvgIpc) is 2.47. The molecule has 2 amide bonds. The summed E-state index contributed by atoms with van der Waals surface area (Å²) in [6, 6.07) is 8.18. The van der Waals surface area contributed by atoms with E-state index in [9.17, 15) is 14.4 Å². The van der Waals surface area contributed by atoms with E-state index in [0.717, 1.165) is 5.56 Å². The summed E-state index contributed by atoms with van der Waals surface area (Å²) in [5.41, 5.74) is 0.871. The molecule has 2 atom stereocenters. The number of hydrogen-bond donors (Lipinski definition) is 2. The molecule has 0 fully saturated rings. The molecule has 1 rings (SSSR count). The van der Waals surface area contributed by atoms with Gasteiger partial charge in [-0.1, -0.05) is 30.3 Å². The van der Waals surface area contributed by atoms with E-state index in [1.165, 1.54) is 7.05 Å². The fourth-order valence-electron chi connectivity index (χ4n) is 1.53. The van der Waals surface area contributed by atoms with Gasteiger partial charge >= 0.3 is 0 Å². The van der Waals surface area contributed by atoms with E-state index in [2.05, 4.69) is 10.6 Å². The molecule has 0 heterocycles. The van der Waals surface area contributed by atoms with Gasteiger partial charge in [-0.25, -0.2) is 0 Å². The van der Waals surface area contributed by atoms with Crippen molar-refractivity contribution >= 4 is 18.6 Å². The monoisotopic (exact) mass is 264 g/mol. The Kier molecular flexibility index (Phi) is 6.25. The lowest BCUT2D eigenvalue weighted by Gasteiger charge is -2.21. The Balaban J connectivity index is 2.66. The molecular formula is C13H16N2O4. The fourth-order valence-corrected chi connectivity index (χ4v) is 1.53. The fraction of sp³-hybridized carbons (Fsp3) is 0.308. The third-order valence-electron chi connectivity index (χ3n) is 2.52. The van der Waals surface area contributed by atoms with Gasteiger partial charge in [-0.05, 0) is 5.56 Å². The number of nitrogens with one attached hydrogen (secondary N) is 2. The largest absolute Gasteiger partial charge is 0.363 e. The molecule has 1 aromatic rings. The van der Waals surface area contributed by atoms with Crippen LogP contribution in [-0.2, 0) is 25.7 Å². The molecule has 2 N–H and O–H groups in total. The molecule has 0 aliphatic rings. The highest BCUT2D eigenvalue weighted by molar-refractivity contribution is 5.87. The van der Waals surface area contributed by atoms with E-state index >= 15 is 0 Å². The van der Waals surface area contributed by atoms with E-state index in [1.807, 2.05) is 30.3 Å². The molecule has 0 saturated heterocycles. The van der Waals surface area contributed by atoms with Crippen LogP contribution >= 0.6 is 0 Å². The van der Waals surface area contributed by atoms with Gasteiger partial charge in [0.2, 0.25) is 12.3 Å². The number of benzene rings is 1.